The lowest BCUT2D eigenvalue weighted by atomic mass is 9.82. The summed E-state index contributed by atoms with van der Waals surface area (Å²) >= 11 is 0. The van der Waals surface area contributed by atoms with Crippen LogP contribution in [0.4, 0.5) is 0 Å². The Hall–Kier alpha value is -2.33. The van der Waals surface area contributed by atoms with Gasteiger partial charge in [0.1, 0.15) is 17.1 Å². The van der Waals surface area contributed by atoms with Gasteiger partial charge in [-0.1, -0.05) is 30.3 Å². The molecule has 2 aromatic rings. The van der Waals surface area contributed by atoms with E-state index in [1.165, 1.54) is 5.56 Å². The lowest BCUT2D eigenvalue weighted by Crippen LogP contribution is -2.50. The molecule has 2 aliphatic heterocycles. The molecule has 0 aliphatic carbocycles. The van der Waals surface area contributed by atoms with Gasteiger partial charge in [-0.05, 0) is 24.6 Å². The third-order valence-corrected chi connectivity index (χ3v) is 5.39. The monoisotopic (exact) mass is 351 g/mol. The number of hydrogen-bond donors (Lipinski definition) is 0. The molecule has 0 unspecified atom stereocenters. The third kappa shape index (κ3) is 3.47. The predicted octanol–water partition coefficient (Wildman–Crippen LogP) is 4.09. The second kappa shape index (κ2) is 7.12. The van der Waals surface area contributed by atoms with E-state index in [-0.39, 0.29) is 11.4 Å². The maximum atomic E-state index is 12.7. The molecule has 2 heterocycles. The van der Waals surface area contributed by atoms with Crippen molar-refractivity contribution in [3.05, 3.63) is 59.7 Å². The van der Waals surface area contributed by atoms with Crippen molar-refractivity contribution in [1.82, 2.24) is 4.90 Å². The summed E-state index contributed by atoms with van der Waals surface area (Å²) in [6.07, 6.45) is 2.24. The van der Waals surface area contributed by atoms with E-state index in [2.05, 4.69) is 29.2 Å². The Balaban J connectivity index is 1.45. The first-order valence-electron chi connectivity index (χ1n) is 9.43. The van der Waals surface area contributed by atoms with Gasteiger partial charge in [-0.3, -0.25) is 9.69 Å². The molecule has 1 saturated heterocycles. The number of carbonyl (C=O) groups excluding carboxylic acids is 1. The minimum atomic E-state index is -0.359. The van der Waals surface area contributed by atoms with Crippen molar-refractivity contribution in [2.75, 3.05) is 19.7 Å². The first kappa shape index (κ1) is 17.1. The van der Waals surface area contributed by atoms with Gasteiger partial charge in [-0.2, -0.15) is 0 Å². The Kier molecular flexibility index (Phi) is 4.68. The summed E-state index contributed by atoms with van der Waals surface area (Å²) in [4.78, 5) is 15.1. The van der Waals surface area contributed by atoms with Crippen molar-refractivity contribution >= 4 is 5.78 Å². The van der Waals surface area contributed by atoms with Crippen LogP contribution in [-0.2, 0) is 6.54 Å². The molecule has 0 atom stereocenters. The van der Waals surface area contributed by atoms with Crippen molar-refractivity contribution in [3.63, 3.8) is 0 Å². The van der Waals surface area contributed by atoms with Crippen LogP contribution >= 0.6 is 0 Å². The van der Waals surface area contributed by atoms with Crippen LogP contribution in [0.1, 0.15) is 42.1 Å². The van der Waals surface area contributed by atoms with Crippen LogP contribution in [0.3, 0.4) is 0 Å². The van der Waals surface area contributed by atoms with E-state index in [0.717, 1.165) is 38.2 Å². The summed E-state index contributed by atoms with van der Waals surface area (Å²) in [6.45, 7) is 5.41. The molecule has 1 fully saturated rings. The lowest BCUT2D eigenvalue weighted by molar-refractivity contribution is -0.0109. The molecule has 2 aromatic carbocycles. The second-order valence-electron chi connectivity index (χ2n) is 7.24. The summed E-state index contributed by atoms with van der Waals surface area (Å²) < 4.78 is 12.0. The molecule has 0 N–H and O–H groups in total. The summed E-state index contributed by atoms with van der Waals surface area (Å²) in [6, 6.07) is 16.1. The van der Waals surface area contributed by atoms with Crippen molar-refractivity contribution in [3.8, 4) is 11.5 Å². The minimum Gasteiger partial charge on any atom is -0.494 e. The first-order valence-corrected chi connectivity index (χ1v) is 9.43. The van der Waals surface area contributed by atoms with Gasteiger partial charge in [0.25, 0.3) is 0 Å². The SMILES string of the molecule is CCOc1ccc2c(c1)OC1(CCN(Cc3ccccc3)CC1)CC2=O. The number of Topliss-reactive ketones (excluding diaryl/α,β-unsaturated/α-hetero) is 1. The van der Waals surface area contributed by atoms with E-state index in [9.17, 15) is 4.79 Å². The highest BCUT2D eigenvalue weighted by Crippen LogP contribution is 2.40. The molecular weight excluding hydrogens is 326 g/mol. The predicted molar refractivity (Wildman–Crippen MR) is 101 cm³/mol. The Morgan fingerprint density at radius 1 is 1.12 bits per heavy atom. The van der Waals surface area contributed by atoms with Crippen molar-refractivity contribution in [1.29, 1.82) is 0 Å². The number of ether oxygens (including phenoxy) is 2. The second-order valence-corrected chi connectivity index (χ2v) is 7.24. The van der Waals surface area contributed by atoms with E-state index >= 15 is 0 Å². The minimum absolute atomic E-state index is 0.186. The van der Waals surface area contributed by atoms with Crippen LogP contribution in [0, 0.1) is 0 Å². The number of rotatable bonds is 4. The highest BCUT2D eigenvalue weighted by molar-refractivity contribution is 6.00. The van der Waals surface area contributed by atoms with E-state index < -0.39 is 0 Å². The van der Waals surface area contributed by atoms with Gasteiger partial charge in [-0.15, -0.1) is 0 Å². The quantitative estimate of drug-likeness (QED) is 0.832. The number of ketones is 1. The fourth-order valence-electron chi connectivity index (χ4n) is 3.97. The van der Waals surface area contributed by atoms with Crippen molar-refractivity contribution in [2.24, 2.45) is 0 Å². The van der Waals surface area contributed by atoms with Gasteiger partial charge in [0, 0.05) is 38.5 Å². The fourth-order valence-corrected chi connectivity index (χ4v) is 3.97. The van der Waals surface area contributed by atoms with Gasteiger partial charge in [0.2, 0.25) is 0 Å². The maximum absolute atomic E-state index is 12.7. The van der Waals surface area contributed by atoms with Crippen LogP contribution in [0.25, 0.3) is 0 Å². The van der Waals surface area contributed by atoms with Crippen molar-refractivity contribution in [2.45, 2.75) is 38.3 Å². The summed E-state index contributed by atoms with van der Waals surface area (Å²) in [5.41, 5.74) is 1.66. The summed E-state index contributed by atoms with van der Waals surface area (Å²) in [5.74, 6) is 1.63. The zero-order chi connectivity index (χ0) is 18.0. The third-order valence-electron chi connectivity index (χ3n) is 5.39. The number of likely N-dealkylation sites (tertiary alicyclic amines) is 1. The number of piperidine rings is 1. The summed E-state index contributed by atoms with van der Waals surface area (Å²) in [5, 5.41) is 0. The zero-order valence-corrected chi connectivity index (χ0v) is 15.2. The van der Waals surface area contributed by atoms with Gasteiger partial charge in [0.15, 0.2) is 5.78 Å². The molecule has 26 heavy (non-hydrogen) atoms. The van der Waals surface area contributed by atoms with Crippen molar-refractivity contribution < 1.29 is 14.3 Å². The van der Waals surface area contributed by atoms with Crippen LogP contribution in [0.15, 0.2) is 48.5 Å². The van der Waals surface area contributed by atoms with E-state index in [4.69, 9.17) is 9.47 Å². The van der Waals surface area contributed by atoms with Gasteiger partial charge >= 0.3 is 0 Å². The maximum Gasteiger partial charge on any atom is 0.170 e. The number of hydrogen-bond acceptors (Lipinski definition) is 4. The number of carbonyl (C=O) groups is 1. The van der Waals surface area contributed by atoms with E-state index in [1.807, 2.05) is 31.2 Å². The van der Waals surface area contributed by atoms with Gasteiger partial charge in [-0.25, -0.2) is 0 Å². The van der Waals surface area contributed by atoms with E-state index in [0.29, 0.717) is 24.3 Å². The average molecular weight is 351 g/mol. The highest BCUT2D eigenvalue weighted by Gasteiger charge is 2.42. The van der Waals surface area contributed by atoms with Gasteiger partial charge < -0.3 is 9.47 Å². The number of fused-ring (bicyclic) bond motifs is 1. The van der Waals surface area contributed by atoms with Gasteiger partial charge in [0.05, 0.1) is 18.6 Å². The largest absolute Gasteiger partial charge is 0.494 e. The molecular formula is C22H25NO3. The molecule has 0 aromatic heterocycles. The summed E-state index contributed by atoms with van der Waals surface area (Å²) in [7, 11) is 0. The molecule has 2 aliphatic rings. The molecule has 0 radical (unpaired) electrons. The van der Waals surface area contributed by atoms with Crippen LogP contribution in [0.5, 0.6) is 11.5 Å². The molecule has 4 heteroatoms. The van der Waals surface area contributed by atoms with Crippen LogP contribution in [-0.4, -0.2) is 36.0 Å². The normalized spacial score (nSPS) is 19.0. The Morgan fingerprint density at radius 3 is 2.62 bits per heavy atom. The van der Waals surface area contributed by atoms with Crippen LogP contribution in [0.2, 0.25) is 0 Å². The number of benzene rings is 2. The average Bonchev–Trinajstić information content (AvgIpc) is 2.65. The fraction of sp³-hybridized carbons (Fsp3) is 0.409. The molecule has 4 nitrogen and oxygen atoms in total. The number of nitrogens with zero attached hydrogens (tertiary/aromatic N) is 1. The molecule has 1 spiro atoms. The Labute approximate surface area is 154 Å². The molecule has 136 valence electrons. The van der Waals surface area contributed by atoms with E-state index in [1.54, 1.807) is 0 Å². The lowest BCUT2D eigenvalue weighted by Gasteiger charge is -2.44. The molecule has 4 rings (SSSR count). The first-order chi connectivity index (χ1) is 12.7. The highest BCUT2D eigenvalue weighted by atomic mass is 16.5. The topological polar surface area (TPSA) is 38.8 Å². The zero-order valence-electron chi connectivity index (χ0n) is 15.2. The standard InChI is InChI=1S/C22H25NO3/c1-2-25-18-8-9-19-20(24)15-22(26-21(19)14-18)10-12-23(13-11-22)16-17-6-4-3-5-7-17/h3-9,14H,2,10-13,15-16H2,1H3. The smallest absolute Gasteiger partial charge is 0.170 e. The Morgan fingerprint density at radius 2 is 1.88 bits per heavy atom. The molecule has 0 saturated carbocycles. The Bertz CT molecular complexity index is 779. The molecule has 0 amide bonds. The van der Waals surface area contributed by atoms with Crippen LogP contribution < -0.4 is 9.47 Å². The molecule has 0 bridgehead atoms.